The normalized spacial score (nSPS) is 14.3. The van der Waals surface area contributed by atoms with E-state index in [1.807, 2.05) is 6.92 Å². The molecule has 0 bridgehead atoms. The molecule has 9 heteroatoms. The van der Waals surface area contributed by atoms with Crippen LogP contribution >= 0.6 is 11.6 Å². The average molecular weight is 388 g/mol. The molecule has 1 heterocycles. The molecular formula is C17H17ClF3N3O2. The topological polar surface area (TPSA) is 56.1 Å². The Bertz CT molecular complexity index is 799. The van der Waals surface area contributed by atoms with Crippen molar-refractivity contribution < 1.29 is 22.7 Å². The lowest BCUT2D eigenvalue weighted by atomic mass is 10.2. The number of nitrogens with zero attached hydrogens (tertiary/aromatic N) is 2. The Kier molecular flexibility index (Phi) is 5.13. The van der Waals surface area contributed by atoms with Crippen LogP contribution in [0.25, 0.3) is 0 Å². The SMILES string of the molecule is CCOc1ccc(NC(=O)Cn2nc(C(F)(F)F)c(Cl)c2C2CC2)cc1. The number of carbonyl (C=O) groups is 1. The molecule has 0 spiro atoms. The van der Waals surface area contributed by atoms with E-state index >= 15 is 0 Å². The number of carbonyl (C=O) groups excluding carboxylic acids is 1. The highest BCUT2D eigenvalue weighted by molar-refractivity contribution is 6.32. The van der Waals surface area contributed by atoms with Crippen LogP contribution in [0.15, 0.2) is 24.3 Å². The van der Waals surface area contributed by atoms with Crippen LogP contribution < -0.4 is 10.1 Å². The van der Waals surface area contributed by atoms with E-state index in [4.69, 9.17) is 16.3 Å². The lowest BCUT2D eigenvalue weighted by Crippen LogP contribution is -2.21. The number of benzene rings is 1. The monoisotopic (exact) mass is 387 g/mol. The maximum Gasteiger partial charge on any atom is 0.436 e. The Morgan fingerprint density at radius 1 is 1.35 bits per heavy atom. The maximum atomic E-state index is 13.0. The molecule has 0 saturated heterocycles. The van der Waals surface area contributed by atoms with E-state index < -0.39 is 22.8 Å². The molecule has 140 valence electrons. The van der Waals surface area contributed by atoms with Crippen LogP contribution in [-0.4, -0.2) is 22.3 Å². The van der Waals surface area contributed by atoms with Gasteiger partial charge in [0.1, 0.15) is 12.3 Å². The molecule has 1 aromatic carbocycles. The summed E-state index contributed by atoms with van der Waals surface area (Å²) in [5, 5.41) is 5.77. The number of ether oxygens (including phenoxy) is 1. The highest BCUT2D eigenvalue weighted by Crippen LogP contribution is 2.46. The van der Waals surface area contributed by atoms with Crippen molar-refractivity contribution in [3.05, 3.63) is 40.7 Å². The van der Waals surface area contributed by atoms with Gasteiger partial charge in [0, 0.05) is 11.6 Å². The first-order chi connectivity index (χ1) is 12.3. The second kappa shape index (κ2) is 7.19. The van der Waals surface area contributed by atoms with E-state index in [1.54, 1.807) is 24.3 Å². The van der Waals surface area contributed by atoms with Crippen molar-refractivity contribution in [3.8, 4) is 5.75 Å². The fourth-order valence-electron chi connectivity index (χ4n) is 2.64. The number of rotatable bonds is 6. The predicted octanol–water partition coefficient (Wildman–Crippen LogP) is 4.47. The predicted molar refractivity (Wildman–Crippen MR) is 90.5 cm³/mol. The third kappa shape index (κ3) is 4.12. The summed E-state index contributed by atoms with van der Waals surface area (Å²) in [6.45, 7) is 2.05. The summed E-state index contributed by atoms with van der Waals surface area (Å²) in [6.07, 6.45) is -3.18. The average Bonchev–Trinajstić information content (AvgIpc) is 3.33. The number of halogens is 4. The second-order valence-electron chi connectivity index (χ2n) is 5.98. The van der Waals surface area contributed by atoms with E-state index in [0.29, 0.717) is 18.0 Å². The Morgan fingerprint density at radius 2 is 2.00 bits per heavy atom. The summed E-state index contributed by atoms with van der Waals surface area (Å²) in [4.78, 5) is 12.2. The molecular weight excluding hydrogens is 371 g/mol. The van der Waals surface area contributed by atoms with Gasteiger partial charge in [-0.05, 0) is 44.0 Å². The van der Waals surface area contributed by atoms with Crippen molar-refractivity contribution in [2.45, 2.75) is 38.4 Å². The molecule has 26 heavy (non-hydrogen) atoms. The standard InChI is InChI=1S/C17H17ClF3N3O2/c1-2-26-12-7-5-11(6-8-12)22-13(25)9-24-15(10-3-4-10)14(18)16(23-24)17(19,20)21/h5-8,10H,2-4,9H2,1H3,(H,22,25). The number of nitrogens with one attached hydrogen (secondary N) is 1. The number of amides is 1. The van der Waals surface area contributed by atoms with Crippen LogP contribution in [0.2, 0.25) is 5.02 Å². The Labute approximate surface area is 153 Å². The van der Waals surface area contributed by atoms with E-state index in [2.05, 4.69) is 10.4 Å². The molecule has 0 atom stereocenters. The molecule has 0 unspecified atom stereocenters. The van der Waals surface area contributed by atoms with Crippen LogP contribution in [0.5, 0.6) is 5.75 Å². The number of aromatic nitrogens is 2. The summed E-state index contributed by atoms with van der Waals surface area (Å²) >= 11 is 5.89. The third-order valence-corrected chi connectivity index (χ3v) is 4.28. The van der Waals surface area contributed by atoms with Gasteiger partial charge in [0.15, 0.2) is 5.69 Å². The minimum Gasteiger partial charge on any atom is -0.494 e. The van der Waals surface area contributed by atoms with E-state index in [0.717, 1.165) is 17.5 Å². The molecule has 3 rings (SSSR count). The molecule has 5 nitrogen and oxygen atoms in total. The molecule has 1 N–H and O–H groups in total. The second-order valence-corrected chi connectivity index (χ2v) is 6.36. The van der Waals surface area contributed by atoms with E-state index in [1.165, 1.54) is 0 Å². The number of hydrogen-bond acceptors (Lipinski definition) is 3. The zero-order valence-electron chi connectivity index (χ0n) is 13.9. The molecule has 0 aliphatic heterocycles. The fourth-order valence-corrected chi connectivity index (χ4v) is 3.04. The van der Waals surface area contributed by atoms with Gasteiger partial charge < -0.3 is 10.1 Å². The molecule has 1 aromatic heterocycles. The van der Waals surface area contributed by atoms with Gasteiger partial charge in [-0.15, -0.1) is 0 Å². The van der Waals surface area contributed by atoms with Gasteiger partial charge in [-0.2, -0.15) is 18.3 Å². The first kappa shape index (κ1) is 18.6. The highest BCUT2D eigenvalue weighted by atomic mass is 35.5. The van der Waals surface area contributed by atoms with Crippen molar-refractivity contribution >= 4 is 23.2 Å². The van der Waals surface area contributed by atoms with Crippen LogP contribution in [-0.2, 0) is 17.5 Å². The van der Waals surface area contributed by atoms with Crippen molar-refractivity contribution in [3.63, 3.8) is 0 Å². The van der Waals surface area contributed by atoms with E-state index in [9.17, 15) is 18.0 Å². The van der Waals surface area contributed by atoms with Crippen LogP contribution in [0.4, 0.5) is 18.9 Å². The quantitative estimate of drug-likeness (QED) is 0.795. The molecule has 1 aliphatic rings. The van der Waals surface area contributed by atoms with Crippen LogP contribution in [0.1, 0.15) is 37.1 Å². The zero-order chi connectivity index (χ0) is 18.9. The first-order valence-electron chi connectivity index (χ1n) is 8.15. The molecule has 1 amide bonds. The Balaban J connectivity index is 1.74. The van der Waals surface area contributed by atoms with Gasteiger partial charge in [-0.3, -0.25) is 9.48 Å². The lowest BCUT2D eigenvalue weighted by Gasteiger charge is -2.09. The Hall–Kier alpha value is -2.22. The molecule has 1 aliphatic carbocycles. The number of alkyl halides is 3. The summed E-state index contributed by atoms with van der Waals surface area (Å²) in [6, 6.07) is 6.70. The summed E-state index contributed by atoms with van der Waals surface area (Å²) in [5.74, 6) is 0.100. The molecule has 2 aromatic rings. The van der Waals surface area contributed by atoms with Gasteiger partial charge in [-0.1, -0.05) is 11.6 Å². The molecule has 0 radical (unpaired) electrons. The van der Waals surface area contributed by atoms with Gasteiger partial charge >= 0.3 is 6.18 Å². The minimum atomic E-state index is -4.66. The Morgan fingerprint density at radius 3 is 2.54 bits per heavy atom. The van der Waals surface area contributed by atoms with Gasteiger partial charge in [-0.25, -0.2) is 0 Å². The van der Waals surface area contributed by atoms with Crippen molar-refractivity contribution in [2.24, 2.45) is 0 Å². The van der Waals surface area contributed by atoms with Gasteiger partial charge in [0.25, 0.3) is 0 Å². The minimum absolute atomic E-state index is 0.0793. The van der Waals surface area contributed by atoms with Crippen molar-refractivity contribution in [1.29, 1.82) is 0 Å². The summed E-state index contributed by atoms with van der Waals surface area (Å²) in [7, 11) is 0. The number of anilines is 1. The summed E-state index contributed by atoms with van der Waals surface area (Å²) in [5.41, 5.74) is -0.350. The van der Waals surface area contributed by atoms with Crippen LogP contribution in [0, 0.1) is 0 Å². The first-order valence-corrected chi connectivity index (χ1v) is 8.53. The van der Waals surface area contributed by atoms with Gasteiger partial charge in [0.05, 0.1) is 17.3 Å². The van der Waals surface area contributed by atoms with E-state index in [-0.39, 0.29) is 18.2 Å². The molecule has 1 saturated carbocycles. The number of hydrogen-bond donors (Lipinski definition) is 1. The maximum absolute atomic E-state index is 13.0. The van der Waals surface area contributed by atoms with Crippen LogP contribution in [0.3, 0.4) is 0 Å². The smallest absolute Gasteiger partial charge is 0.436 e. The fraction of sp³-hybridized carbons (Fsp3) is 0.412. The lowest BCUT2D eigenvalue weighted by molar-refractivity contribution is -0.141. The third-order valence-electron chi connectivity index (χ3n) is 3.91. The zero-order valence-corrected chi connectivity index (χ0v) is 14.7. The highest BCUT2D eigenvalue weighted by Gasteiger charge is 2.42. The van der Waals surface area contributed by atoms with Crippen molar-refractivity contribution in [1.82, 2.24) is 9.78 Å². The summed E-state index contributed by atoms with van der Waals surface area (Å²) < 4.78 is 45.5. The van der Waals surface area contributed by atoms with Gasteiger partial charge in [0.2, 0.25) is 5.91 Å². The largest absolute Gasteiger partial charge is 0.494 e. The molecule has 1 fully saturated rings. The van der Waals surface area contributed by atoms with Crippen molar-refractivity contribution in [2.75, 3.05) is 11.9 Å².